The number of likely N-dealkylation sites (tertiary alicyclic amines) is 1. The lowest BCUT2D eigenvalue weighted by atomic mass is 9.78. The van der Waals surface area contributed by atoms with Crippen LogP contribution in [0.2, 0.25) is 0 Å². The molecule has 0 bridgehead atoms. The molecular weight excluding hydrogens is 749 g/mol. The first-order valence-corrected chi connectivity index (χ1v) is 20.5. The van der Waals surface area contributed by atoms with Crippen LogP contribution in [0, 0.1) is 11.8 Å². The third-order valence-electron chi connectivity index (χ3n) is 11.7. The zero-order valence-corrected chi connectivity index (χ0v) is 34.6. The molecule has 0 spiro atoms. The molecule has 1 aliphatic carbocycles. The molecule has 310 valence electrons. The molecule has 14 nitrogen and oxygen atoms in total. The Morgan fingerprint density at radius 1 is 0.729 bits per heavy atom. The first-order valence-electron chi connectivity index (χ1n) is 20.5. The fraction of sp³-hybridized carbons (Fsp3) is 0.422. The molecular formula is C45H54N8O6. The number of alkyl carbamates (subject to hydrolysis) is 1. The predicted molar refractivity (Wildman–Crippen MR) is 225 cm³/mol. The molecule has 4 amide bonds. The molecule has 0 radical (unpaired) electrons. The van der Waals surface area contributed by atoms with Crippen molar-refractivity contribution in [3.8, 4) is 33.6 Å². The van der Waals surface area contributed by atoms with Gasteiger partial charge in [0.05, 0.1) is 44.0 Å². The van der Waals surface area contributed by atoms with Crippen LogP contribution >= 0.6 is 0 Å². The lowest BCUT2D eigenvalue weighted by Crippen LogP contribution is -2.53. The van der Waals surface area contributed by atoms with E-state index in [-0.39, 0.29) is 41.7 Å². The van der Waals surface area contributed by atoms with Crippen LogP contribution in [-0.4, -0.2) is 86.7 Å². The molecule has 7 rings (SSSR count). The second-order valence-electron chi connectivity index (χ2n) is 16.2. The number of methoxy groups -OCH3 is 2. The highest BCUT2D eigenvalue weighted by atomic mass is 16.5. The average Bonchev–Trinajstić information content (AvgIpc) is 4.06. The molecule has 2 unspecified atom stereocenters. The van der Waals surface area contributed by atoms with E-state index in [1.807, 2.05) is 45.0 Å². The second-order valence-corrected chi connectivity index (χ2v) is 16.2. The van der Waals surface area contributed by atoms with Gasteiger partial charge in [0.1, 0.15) is 17.7 Å². The number of nitrogens with one attached hydrogen (secondary N) is 4. The highest BCUT2D eigenvalue weighted by Gasteiger charge is 2.39. The molecule has 2 aromatic heterocycles. The number of ether oxygens (including phenoxy) is 2. The van der Waals surface area contributed by atoms with Gasteiger partial charge in [-0.3, -0.25) is 9.59 Å². The van der Waals surface area contributed by atoms with Crippen LogP contribution in [0.3, 0.4) is 0 Å². The maximum Gasteiger partial charge on any atom is 0.425 e. The van der Waals surface area contributed by atoms with E-state index in [1.54, 1.807) is 0 Å². The zero-order chi connectivity index (χ0) is 41.8. The first kappa shape index (κ1) is 41.0. The molecule has 1 saturated heterocycles. The number of aromatic nitrogens is 4. The largest absolute Gasteiger partial charge is 0.453 e. The molecule has 1 aliphatic heterocycles. The van der Waals surface area contributed by atoms with Gasteiger partial charge < -0.3 is 29.7 Å². The van der Waals surface area contributed by atoms with Crippen molar-refractivity contribution in [1.82, 2.24) is 40.6 Å². The van der Waals surface area contributed by atoms with Crippen molar-refractivity contribution in [1.29, 1.82) is 0 Å². The summed E-state index contributed by atoms with van der Waals surface area (Å²) in [6, 6.07) is 20.0. The van der Waals surface area contributed by atoms with E-state index < -0.39 is 18.2 Å². The van der Waals surface area contributed by atoms with E-state index in [1.165, 1.54) is 19.2 Å². The number of nitrogens with zero attached hydrogens (tertiary/aromatic N) is 4. The van der Waals surface area contributed by atoms with Crippen molar-refractivity contribution >= 4 is 34.8 Å². The van der Waals surface area contributed by atoms with E-state index in [4.69, 9.17) is 19.4 Å². The number of hydrazine groups is 1. The summed E-state index contributed by atoms with van der Waals surface area (Å²) in [6.07, 6.45) is 7.49. The van der Waals surface area contributed by atoms with Crippen molar-refractivity contribution in [2.75, 3.05) is 20.8 Å². The van der Waals surface area contributed by atoms with Crippen molar-refractivity contribution < 1.29 is 28.7 Å². The van der Waals surface area contributed by atoms with Crippen molar-refractivity contribution in [3.63, 3.8) is 0 Å². The number of carbonyl (C=O) groups excluding carboxylic acids is 4. The normalized spacial score (nSPS) is 18.5. The minimum absolute atomic E-state index is 0.0930. The van der Waals surface area contributed by atoms with E-state index in [0.717, 1.165) is 94.6 Å². The number of rotatable bonds is 10. The summed E-state index contributed by atoms with van der Waals surface area (Å²) in [4.78, 5) is 69.5. The van der Waals surface area contributed by atoms with Gasteiger partial charge >= 0.3 is 12.2 Å². The SMILES string of the molecule is COC(=O)N[C@H](C(=O)N1CCC[C@H]1c1ncc(-c2ccc(-c3ccc4cc(-c5cnc(C6CCCCC6C(=O)N(NC(=O)OC)C(C)C)[nH]5)ccc4c3)cc2)[nH]1)C(C)C. The van der Waals surface area contributed by atoms with Gasteiger partial charge in [-0.2, -0.15) is 0 Å². The number of benzene rings is 3. The van der Waals surface area contributed by atoms with Gasteiger partial charge in [0, 0.05) is 30.0 Å². The Labute approximate surface area is 344 Å². The van der Waals surface area contributed by atoms with Gasteiger partial charge in [-0.1, -0.05) is 75.2 Å². The predicted octanol–water partition coefficient (Wildman–Crippen LogP) is 8.11. The van der Waals surface area contributed by atoms with Gasteiger partial charge in [-0.25, -0.2) is 30.0 Å². The van der Waals surface area contributed by atoms with E-state index >= 15 is 0 Å². The van der Waals surface area contributed by atoms with Crippen molar-refractivity contribution in [3.05, 3.63) is 84.7 Å². The summed E-state index contributed by atoms with van der Waals surface area (Å²) in [5, 5.41) is 6.28. The van der Waals surface area contributed by atoms with Crippen LogP contribution in [0.15, 0.2) is 73.1 Å². The fourth-order valence-corrected chi connectivity index (χ4v) is 8.47. The number of hydrogen-bond acceptors (Lipinski definition) is 8. The lowest BCUT2D eigenvalue weighted by Gasteiger charge is -2.35. The van der Waals surface area contributed by atoms with Crippen LogP contribution in [0.25, 0.3) is 44.4 Å². The number of fused-ring (bicyclic) bond motifs is 1. The summed E-state index contributed by atoms with van der Waals surface area (Å²) < 4.78 is 9.53. The Hall–Kier alpha value is -6.18. The number of H-pyrrole nitrogens is 2. The van der Waals surface area contributed by atoms with E-state index in [9.17, 15) is 19.2 Å². The lowest BCUT2D eigenvalue weighted by molar-refractivity contribution is -0.142. The third kappa shape index (κ3) is 8.81. The van der Waals surface area contributed by atoms with Crippen LogP contribution in [0.1, 0.15) is 89.8 Å². The molecule has 14 heteroatoms. The van der Waals surface area contributed by atoms with Gasteiger partial charge in [0.25, 0.3) is 0 Å². The highest BCUT2D eigenvalue weighted by Crippen LogP contribution is 2.39. The topological polar surface area (TPSA) is 175 Å². The average molecular weight is 803 g/mol. The van der Waals surface area contributed by atoms with E-state index in [0.29, 0.717) is 6.54 Å². The maximum atomic E-state index is 13.7. The molecule has 2 aliphatic rings. The molecule has 3 heterocycles. The quantitative estimate of drug-likeness (QED) is 0.102. The summed E-state index contributed by atoms with van der Waals surface area (Å²) in [6.45, 7) is 8.13. The maximum absolute atomic E-state index is 13.7. The molecule has 1 saturated carbocycles. The minimum Gasteiger partial charge on any atom is -0.453 e. The Morgan fingerprint density at radius 2 is 1.32 bits per heavy atom. The Morgan fingerprint density at radius 3 is 2.00 bits per heavy atom. The molecule has 4 atom stereocenters. The zero-order valence-electron chi connectivity index (χ0n) is 34.6. The summed E-state index contributed by atoms with van der Waals surface area (Å²) in [5.74, 6) is 0.732. The molecule has 59 heavy (non-hydrogen) atoms. The van der Waals surface area contributed by atoms with Gasteiger partial charge in [0.15, 0.2) is 0 Å². The Bertz CT molecular complexity index is 2300. The second kappa shape index (κ2) is 17.8. The van der Waals surface area contributed by atoms with Gasteiger partial charge in [-0.15, -0.1) is 0 Å². The molecule has 4 N–H and O–H groups in total. The smallest absolute Gasteiger partial charge is 0.425 e. The minimum atomic E-state index is -0.687. The van der Waals surface area contributed by atoms with Crippen LogP contribution < -0.4 is 10.7 Å². The molecule has 5 aromatic rings. The molecule has 2 fully saturated rings. The van der Waals surface area contributed by atoms with Gasteiger partial charge in [-0.05, 0) is 85.0 Å². The van der Waals surface area contributed by atoms with Crippen LogP contribution in [0.4, 0.5) is 9.59 Å². The monoisotopic (exact) mass is 802 g/mol. The van der Waals surface area contributed by atoms with Crippen molar-refractivity contribution in [2.24, 2.45) is 11.8 Å². The fourth-order valence-electron chi connectivity index (χ4n) is 8.47. The molecule has 3 aromatic carbocycles. The number of carbonyl (C=O) groups is 4. The number of aromatic amines is 2. The Balaban J connectivity index is 1.03. The number of amides is 4. The summed E-state index contributed by atoms with van der Waals surface area (Å²) in [7, 11) is 2.58. The Kier molecular flexibility index (Phi) is 12.3. The van der Waals surface area contributed by atoms with Crippen LogP contribution in [0.5, 0.6) is 0 Å². The first-order chi connectivity index (χ1) is 28.4. The summed E-state index contributed by atoms with van der Waals surface area (Å²) >= 11 is 0. The standard InChI is InChI=1S/C45H54N8O6/c1-26(2)39(50-44(56)58-5)43(55)52-21-9-12-38(52)41-47-24-36(49-41)29-15-13-28(14-16-29)30-17-18-32-23-33(20-19-31(32)22-30)37-25-46-40(48-37)34-10-7-8-11-35(34)42(54)53(27(3)4)51-45(57)59-6/h13-20,22-27,34-35,38-39H,7-12,21H2,1-6H3,(H,46,48)(H,47,49)(H,50,56)(H,51,57)/t34?,35?,38-,39-/m0/s1. The van der Waals surface area contributed by atoms with E-state index in [2.05, 4.69) is 81.4 Å². The van der Waals surface area contributed by atoms with Gasteiger partial charge in [0.2, 0.25) is 11.8 Å². The third-order valence-corrected chi connectivity index (χ3v) is 11.7. The number of hydrogen-bond donors (Lipinski definition) is 4. The summed E-state index contributed by atoms with van der Waals surface area (Å²) in [5.41, 5.74) is 8.51. The highest BCUT2D eigenvalue weighted by molar-refractivity contribution is 5.91. The van der Waals surface area contributed by atoms with Crippen molar-refractivity contribution in [2.45, 2.75) is 90.3 Å². The van der Waals surface area contributed by atoms with Crippen LogP contribution in [-0.2, 0) is 19.1 Å². The number of imidazole rings is 2.